The van der Waals surface area contributed by atoms with Crippen molar-refractivity contribution >= 4 is 11.8 Å². The molecule has 6 nitrogen and oxygen atoms in total. The highest BCUT2D eigenvalue weighted by Crippen LogP contribution is 2.45. The lowest BCUT2D eigenvalue weighted by atomic mass is 9.86. The van der Waals surface area contributed by atoms with Gasteiger partial charge in [0.2, 0.25) is 5.95 Å². The van der Waals surface area contributed by atoms with Crippen molar-refractivity contribution in [1.29, 1.82) is 0 Å². The summed E-state index contributed by atoms with van der Waals surface area (Å²) in [7, 11) is 0. The predicted octanol–water partition coefficient (Wildman–Crippen LogP) is 2.85. The molecule has 1 fully saturated rings. The van der Waals surface area contributed by atoms with E-state index < -0.39 is 12.2 Å². The third-order valence-electron chi connectivity index (χ3n) is 6.04. The third-order valence-corrected chi connectivity index (χ3v) is 6.04. The van der Waals surface area contributed by atoms with Gasteiger partial charge in [0.25, 0.3) is 0 Å². The molecular weight excluding hydrogens is 340 g/mol. The minimum Gasteiger partial charge on any atom is -0.390 e. The Morgan fingerprint density at radius 2 is 1.85 bits per heavy atom. The van der Waals surface area contributed by atoms with Crippen molar-refractivity contribution in [2.75, 3.05) is 10.6 Å². The number of aliphatic hydroxyl groups is 2. The van der Waals surface area contributed by atoms with Crippen LogP contribution in [0.3, 0.4) is 0 Å². The lowest BCUT2D eigenvalue weighted by molar-refractivity contribution is 0.0210. The van der Waals surface area contributed by atoms with Crippen LogP contribution in [0.15, 0.2) is 36.5 Å². The fourth-order valence-electron chi connectivity index (χ4n) is 4.53. The Hall–Kier alpha value is -2.18. The smallest absolute Gasteiger partial charge is 0.225 e. The van der Waals surface area contributed by atoms with Crippen molar-refractivity contribution in [2.45, 2.75) is 63.3 Å². The standard InChI is InChI=1S/C21H28N4O2/c1-12-10-15(19(27)18(12)26)23-17-8-9-22-20(25-17)24-16-11-21(2,3)14-7-5-4-6-13(14)16/h4-9,12,15-16,18-19,26-27H,10-11H2,1-3H3,(H2,22,23,24,25)/t12-,15-,16+,18-,19+/m1/s1. The minimum atomic E-state index is -0.783. The summed E-state index contributed by atoms with van der Waals surface area (Å²) in [5.41, 5.74) is 2.78. The second-order valence-corrected chi connectivity index (χ2v) is 8.58. The van der Waals surface area contributed by atoms with E-state index in [9.17, 15) is 10.2 Å². The summed E-state index contributed by atoms with van der Waals surface area (Å²) in [4.78, 5) is 8.95. The normalized spacial score (nSPS) is 31.5. The van der Waals surface area contributed by atoms with Gasteiger partial charge in [-0.3, -0.25) is 0 Å². The minimum absolute atomic E-state index is 0.0640. The molecule has 2 aliphatic rings. The first-order valence-electron chi connectivity index (χ1n) is 9.67. The highest BCUT2D eigenvalue weighted by molar-refractivity contribution is 5.47. The lowest BCUT2D eigenvalue weighted by Crippen LogP contribution is -2.35. The number of fused-ring (bicyclic) bond motifs is 1. The number of rotatable bonds is 4. The molecule has 4 N–H and O–H groups in total. The third kappa shape index (κ3) is 3.39. The van der Waals surface area contributed by atoms with Crippen LogP contribution in [-0.4, -0.2) is 38.4 Å². The maximum Gasteiger partial charge on any atom is 0.225 e. The summed E-state index contributed by atoms with van der Waals surface area (Å²) in [6.45, 7) is 6.47. The highest BCUT2D eigenvalue weighted by Gasteiger charge is 2.39. The molecule has 1 saturated carbocycles. The molecule has 2 aliphatic carbocycles. The number of nitrogens with one attached hydrogen (secondary N) is 2. The van der Waals surface area contributed by atoms with E-state index in [0.717, 1.165) is 6.42 Å². The van der Waals surface area contributed by atoms with E-state index in [1.165, 1.54) is 11.1 Å². The summed E-state index contributed by atoms with van der Waals surface area (Å²) in [6, 6.07) is 10.3. The quantitative estimate of drug-likeness (QED) is 0.663. The van der Waals surface area contributed by atoms with Gasteiger partial charge >= 0.3 is 0 Å². The van der Waals surface area contributed by atoms with Crippen molar-refractivity contribution in [1.82, 2.24) is 9.97 Å². The van der Waals surface area contributed by atoms with Crippen molar-refractivity contribution in [3.05, 3.63) is 47.7 Å². The first-order chi connectivity index (χ1) is 12.8. The Kier molecular flexibility index (Phi) is 4.56. The number of hydrogen-bond donors (Lipinski definition) is 4. The maximum absolute atomic E-state index is 10.2. The number of benzene rings is 1. The van der Waals surface area contributed by atoms with Gasteiger partial charge in [-0.2, -0.15) is 4.98 Å². The molecule has 1 aromatic carbocycles. The van der Waals surface area contributed by atoms with Gasteiger partial charge in [0, 0.05) is 6.20 Å². The van der Waals surface area contributed by atoms with Crippen LogP contribution in [-0.2, 0) is 5.41 Å². The molecule has 4 rings (SSSR count). The van der Waals surface area contributed by atoms with Crippen LogP contribution in [0.5, 0.6) is 0 Å². The van der Waals surface area contributed by atoms with E-state index in [1.807, 2.05) is 6.92 Å². The SMILES string of the molecule is C[C@@H]1C[C@@H](Nc2ccnc(N[C@H]3CC(C)(C)c4ccccc43)n2)[C@H](O)[C@@H]1O. The zero-order valence-electron chi connectivity index (χ0n) is 16.1. The zero-order valence-corrected chi connectivity index (χ0v) is 16.1. The Morgan fingerprint density at radius 1 is 1.07 bits per heavy atom. The van der Waals surface area contributed by atoms with Gasteiger partial charge in [-0.1, -0.05) is 45.0 Å². The molecule has 0 amide bonds. The van der Waals surface area contributed by atoms with Crippen LogP contribution < -0.4 is 10.6 Å². The fourth-order valence-corrected chi connectivity index (χ4v) is 4.53. The van der Waals surface area contributed by atoms with Crippen LogP contribution >= 0.6 is 0 Å². The summed E-state index contributed by atoms with van der Waals surface area (Å²) in [6.07, 6.45) is 1.93. The average Bonchev–Trinajstić information content (AvgIpc) is 3.03. The van der Waals surface area contributed by atoms with Gasteiger partial charge < -0.3 is 20.8 Å². The topological polar surface area (TPSA) is 90.3 Å². The molecule has 0 saturated heterocycles. The molecule has 144 valence electrons. The van der Waals surface area contributed by atoms with E-state index in [1.54, 1.807) is 12.3 Å². The van der Waals surface area contributed by atoms with Crippen molar-refractivity contribution in [2.24, 2.45) is 5.92 Å². The molecule has 5 atom stereocenters. The number of aromatic nitrogens is 2. The average molecular weight is 368 g/mol. The largest absolute Gasteiger partial charge is 0.390 e. The first kappa shape index (κ1) is 18.2. The molecule has 0 aliphatic heterocycles. The predicted molar refractivity (Wildman–Crippen MR) is 106 cm³/mol. The molecule has 27 heavy (non-hydrogen) atoms. The summed E-state index contributed by atoms with van der Waals surface area (Å²) < 4.78 is 0. The molecule has 2 aromatic rings. The monoisotopic (exact) mass is 368 g/mol. The number of hydrogen-bond acceptors (Lipinski definition) is 6. The summed E-state index contributed by atoms with van der Waals surface area (Å²) in [5.74, 6) is 1.29. The number of anilines is 2. The van der Waals surface area contributed by atoms with Gasteiger partial charge in [-0.15, -0.1) is 0 Å². The molecule has 1 aromatic heterocycles. The van der Waals surface area contributed by atoms with E-state index in [0.29, 0.717) is 18.2 Å². The van der Waals surface area contributed by atoms with Crippen LogP contribution in [0, 0.1) is 5.92 Å². The molecule has 0 unspecified atom stereocenters. The number of aliphatic hydroxyl groups excluding tert-OH is 2. The molecule has 0 radical (unpaired) electrons. The molecular formula is C21H28N4O2. The second-order valence-electron chi connectivity index (χ2n) is 8.58. The van der Waals surface area contributed by atoms with Gasteiger partial charge in [-0.05, 0) is 41.4 Å². The Balaban J connectivity index is 1.50. The first-order valence-corrected chi connectivity index (χ1v) is 9.67. The van der Waals surface area contributed by atoms with Crippen molar-refractivity contribution in [3.8, 4) is 0 Å². The summed E-state index contributed by atoms with van der Waals surface area (Å²) >= 11 is 0. The molecule has 0 spiro atoms. The Labute approximate surface area is 160 Å². The summed E-state index contributed by atoms with van der Waals surface area (Å²) in [5, 5.41) is 26.9. The van der Waals surface area contributed by atoms with Crippen LogP contribution in [0.25, 0.3) is 0 Å². The number of nitrogens with zero attached hydrogens (tertiary/aromatic N) is 2. The van der Waals surface area contributed by atoms with Crippen LogP contribution in [0.4, 0.5) is 11.8 Å². The van der Waals surface area contributed by atoms with Gasteiger partial charge in [0.1, 0.15) is 11.9 Å². The Bertz CT molecular complexity index is 825. The van der Waals surface area contributed by atoms with E-state index in [2.05, 4.69) is 58.7 Å². The molecule has 1 heterocycles. The van der Waals surface area contributed by atoms with Gasteiger partial charge in [0.15, 0.2) is 0 Å². The molecule has 6 heteroatoms. The fraction of sp³-hybridized carbons (Fsp3) is 0.524. The van der Waals surface area contributed by atoms with Crippen LogP contribution in [0.1, 0.15) is 50.8 Å². The van der Waals surface area contributed by atoms with E-state index >= 15 is 0 Å². The maximum atomic E-state index is 10.2. The van der Waals surface area contributed by atoms with Crippen molar-refractivity contribution in [3.63, 3.8) is 0 Å². The van der Waals surface area contributed by atoms with Gasteiger partial charge in [-0.25, -0.2) is 4.98 Å². The van der Waals surface area contributed by atoms with Gasteiger partial charge in [0.05, 0.1) is 18.2 Å². The zero-order chi connectivity index (χ0) is 19.2. The van der Waals surface area contributed by atoms with E-state index in [4.69, 9.17) is 0 Å². The van der Waals surface area contributed by atoms with E-state index in [-0.39, 0.29) is 23.4 Å². The Morgan fingerprint density at radius 3 is 2.59 bits per heavy atom. The second kappa shape index (κ2) is 6.77. The van der Waals surface area contributed by atoms with Crippen LogP contribution in [0.2, 0.25) is 0 Å². The van der Waals surface area contributed by atoms with Crippen molar-refractivity contribution < 1.29 is 10.2 Å². The molecule has 0 bridgehead atoms. The lowest BCUT2D eigenvalue weighted by Gasteiger charge is -2.20. The highest BCUT2D eigenvalue weighted by atomic mass is 16.3.